The number of aromatic nitrogens is 2. The van der Waals surface area contributed by atoms with Crippen molar-refractivity contribution in [2.75, 3.05) is 6.61 Å². The van der Waals surface area contributed by atoms with Gasteiger partial charge in [-0.3, -0.25) is 9.36 Å². The molecule has 1 aromatic heterocycles. The topological polar surface area (TPSA) is 61.2 Å². The molecular formula is C17H13BrN2O3. The zero-order chi connectivity index (χ0) is 16.2. The van der Waals surface area contributed by atoms with E-state index in [1.165, 1.54) is 10.9 Å². The molecule has 0 saturated carbocycles. The fourth-order valence-electron chi connectivity index (χ4n) is 2.17. The van der Waals surface area contributed by atoms with Crippen molar-refractivity contribution in [3.8, 4) is 0 Å². The molecule has 6 heteroatoms. The van der Waals surface area contributed by atoms with Crippen LogP contribution >= 0.6 is 15.9 Å². The second kappa shape index (κ2) is 6.75. The molecule has 0 aliphatic carbocycles. The summed E-state index contributed by atoms with van der Waals surface area (Å²) >= 11 is 3.31. The molecule has 0 N–H and O–H groups in total. The van der Waals surface area contributed by atoms with Crippen molar-refractivity contribution in [1.82, 2.24) is 9.55 Å². The molecule has 3 rings (SSSR count). The average molecular weight is 373 g/mol. The Morgan fingerprint density at radius 3 is 2.65 bits per heavy atom. The molecule has 0 spiro atoms. The molecule has 23 heavy (non-hydrogen) atoms. The Morgan fingerprint density at radius 2 is 1.87 bits per heavy atom. The summed E-state index contributed by atoms with van der Waals surface area (Å²) in [6, 6.07) is 14.0. The summed E-state index contributed by atoms with van der Waals surface area (Å²) in [7, 11) is 0. The van der Waals surface area contributed by atoms with Crippen molar-refractivity contribution in [2.45, 2.75) is 6.54 Å². The van der Waals surface area contributed by atoms with Gasteiger partial charge in [0.15, 0.2) is 0 Å². The van der Waals surface area contributed by atoms with Gasteiger partial charge in [-0.1, -0.05) is 28.1 Å². The molecule has 0 aliphatic heterocycles. The Bertz CT molecular complexity index is 904. The quantitative estimate of drug-likeness (QED) is 0.660. The van der Waals surface area contributed by atoms with Crippen LogP contribution in [0.2, 0.25) is 0 Å². The lowest BCUT2D eigenvalue weighted by Gasteiger charge is -2.08. The van der Waals surface area contributed by atoms with Crippen molar-refractivity contribution in [3.05, 3.63) is 75.2 Å². The van der Waals surface area contributed by atoms with E-state index in [1.807, 2.05) is 6.07 Å². The monoisotopic (exact) mass is 372 g/mol. The van der Waals surface area contributed by atoms with Gasteiger partial charge in [-0.15, -0.1) is 0 Å². The van der Waals surface area contributed by atoms with E-state index < -0.39 is 5.97 Å². The van der Waals surface area contributed by atoms with Crippen LogP contribution in [0.3, 0.4) is 0 Å². The first-order valence-electron chi connectivity index (χ1n) is 7.02. The molecule has 0 bridgehead atoms. The third-order valence-corrected chi connectivity index (χ3v) is 3.91. The van der Waals surface area contributed by atoms with Crippen LogP contribution in [0.25, 0.3) is 10.9 Å². The number of esters is 1. The predicted octanol–water partition coefficient (Wildman–Crippen LogP) is 3.02. The molecule has 0 radical (unpaired) electrons. The normalized spacial score (nSPS) is 10.7. The lowest BCUT2D eigenvalue weighted by atomic mass is 10.2. The van der Waals surface area contributed by atoms with Crippen LogP contribution in [0.15, 0.2) is 64.1 Å². The fraction of sp³-hybridized carbons (Fsp3) is 0.118. The highest BCUT2D eigenvalue weighted by Gasteiger charge is 2.08. The average Bonchev–Trinajstić information content (AvgIpc) is 2.57. The van der Waals surface area contributed by atoms with Crippen LogP contribution in [-0.2, 0) is 11.3 Å². The first kappa shape index (κ1) is 15.4. The summed E-state index contributed by atoms with van der Waals surface area (Å²) in [6.45, 7) is 0.369. The minimum absolute atomic E-state index is 0.106. The second-order valence-electron chi connectivity index (χ2n) is 4.90. The van der Waals surface area contributed by atoms with Crippen LogP contribution in [0.1, 0.15) is 10.4 Å². The molecular weight excluding hydrogens is 360 g/mol. The van der Waals surface area contributed by atoms with Gasteiger partial charge in [-0.05, 0) is 36.4 Å². The zero-order valence-electron chi connectivity index (χ0n) is 12.1. The van der Waals surface area contributed by atoms with Crippen molar-refractivity contribution < 1.29 is 9.53 Å². The van der Waals surface area contributed by atoms with Crippen LogP contribution in [0.5, 0.6) is 0 Å². The molecule has 0 unspecified atom stereocenters. The van der Waals surface area contributed by atoms with Crippen molar-refractivity contribution in [1.29, 1.82) is 0 Å². The van der Waals surface area contributed by atoms with Crippen LogP contribution in [0.4, 0.5) is 0 Å². The highest BCUT2D eigenvalue weighted by atomic mass is 79.9. The number of hydrogen-bond donors (Lipinski definition) is 0. The number of benzene rings is 2. The van der Waals surface area contributed by atoms with E-state index in [4.69, 9.17) is 4.74 Å². The van der Waals surface area contributed by atoms with Gasteiger partial charge < -0.3 is 4.74 Å². The van der Waals surface area contributed by atoms with Gasteiger partial charge >= 0.3 is 5.97 Å². The Kier molecular flexibility index (Phi) is 4.52. The summed E-state index contributed by atoms with van der Waals surface area (Å²) in [5.41, 5.74) is 0.980. The number of halogens is 1. The molecule has 1 heterocycles. The number of para-hydroxylation sites is 1. The Balaban J connectivity index is 1.67. The van der Waals surface area contributed by atoms with Gasteiger partial charge in [0, 0.05) is 4.47 Å². The van der Waals surface area contributed by atoms with Crippen LogP contribution in [-0.4, -0.2) is 22.1 Å². The third kappa shape index (κ3) is 3.48. The number of carbonyl (C=O) groups excluding carboxylic acids is 1. The minimum Gasteiger partial charge on any atom is -0.460 e. The predicted molar refractivity (Wildman–Crippen MR) is 90.4 cm³/mol. The molecule has 116 valence electrons. The molecule has 5 nitrogen and oxygen atoms in total. The minimum atomic E-state index is -0.417. The number of fused-ring (bicyclic) bond motifs is 1. The number of rotatable bonds is 4. The van der Waals surface area contributed by atoms with Gasteiger partial charge in [0.05, 0.1) is 29.3 Å². The van der Waals surface area contributed by atoms with E-state index in [0.717, 1.165) is 4.47 Å². The molecule has 0 atom stereocenters. The van der Waals surface area contributed by atoms with Gasteiger partial charge in [-0.25, -0.2) is 9.78 Å². The smallest absolute Gasteiger partial charge is 0.338 e. The Hall–Kier alpha value is -2.47. The maximum absolute atomic E-state index is 12.3. The zero-order valence-corrected chi connectivity index (χ0v) is 13.7. The van der Waals surface area contributed by atoms with Gasteiger partial charge in [0.1, 0.15) is 6.61 Å². The molecule has 2 aromatic carbocycles. The lowest BCUT2D eigenvalue weighted by Crippen LogP contribution is -2.23. The van der Waals surface area contributed by atoms with Gasteiger partial charge in [0.25, 0.3) is 5.56 Å². The summed E-state index contributed by atoms with van der Waals surface area (Å²) in [4.78, 5) is 28.4. The van der Waals surface area contributed by atoms with E-state index in [0.29, 0.717) is 16.5 Å². The Labute approximate surface area is 140 Å². The van der Waals surface area contributed by atoms with Crippen molar-refractivity contribution in [3.63, 3.8) is 0 Å². The number of carbonyl (C=O) groups is 1. The van der Waals surface area contributed by atoms with E-state index >= 15 is 0 Å². The van der Waals surface area contributed by atoms with Gasteiger partial charge in [-0.2, -0.15) is 0 Å². The molecule has 0 fully saturated rings. The Morgan fingerprint density at radius 1 is 1.13 bits per heavy atom. The number of ether oxygens (including phenoxy) is 1. The number of nitrogens with zero attached hydrogens (tertiary/aromatic N) is 2. The highest BCUT2D eigenvalue weighted by Crippen LogP contribution is 2.11. The summed E-state index contributed by atoms with van der Waals surface area (Å²) in [6.07, 6.45) is 1.47. The van der Waals surface area contributed by atoms with Gasteiger partial charge in [0.2, 0.25) is 0 Å². The van der Waals surface area contributed by atoms with Crippen LogP contribution < -0.4 is 5.56 Å². The van der Waals surface area contributed by atoms with E-state index in [9.17, 15) is 9.59 Å². The highest BCUT2D eigenvalue weighted by molar-refractivity contribution is 9.10. The first-order valence-corrected chi connectivity index (χ1v) is 7.81. The third-order valence-electron chi connectivity index (χ3n) is 3.38. The SMILES string of the molecule is O=C(OCCn1cnc2ccccc2c1=O)c1ccc(Br)cc1. The second-order valence-corrected chi connectivity index (χ2v) is 5.82. The first-order chi connectivity index (χ1) is 11.1. The maximum Gasteiger partial charge on any atom is 0.338 e. The molecule has 0 amide bonds. The van der Waals surface area contributed by atoms with Crippen molar-refractivity contribution in [2.24, 2.45) is 0 Å². The molecule has 0 saturated heterocycles. The summed E-state index contributed by atoms with van der Waals surface area (Å²) in [5.74, 6) is -0.417. The summed E-state index contributed by atoms with van der Waals surface area (Å²) in [5, 5.41) is 0.550. The lowest BCUT2D eigenvalue weighted by molar-refractivity contribution is 0.0490. The standard InChI is InChI=1S/C17H13BrN2O3/c18-13-7-5-12(6-8-13)17(22)23-10-9-20-11-19-15-4-2-1-3-14(15)16(20)21/h1-8,11H,9-10H2. The fourth-order valence-corrected chi connectivity index (χ4v) is 2.44. The maximum atomic E-state index is 12.3. The summed E-state index contributed by atoms with van der Waals surface area (Å²) < 4.78 is 7.53. The largest absolute Gasteiger partial charge is 0.460 e. The van der Waals surface area contributed by atoms with Crippen molar-refractivity contribution >= 4 is 32.8 Å². The molecule has 0 aliphatic rings. The molecule has 3 aromatic rings. The van der Waals surface area contributed by atoms with E-state index in [-0.39, 0.29) is 18.7 Å². The number of hydrogen-bond acceptors (Lipinski definition) is 4. The van der Waals surface area contributed by atoms with E-state index in [2.05, 4.69) is 20.9 Å². The van der Waals surface area contributed by atoms with Crippen LogP contribution in [0, 0.1) is 0 Å². The van der Waals surface area contributed by atoms with E-state index in [1.54, 1.807) is 42.5 Å².